The third-order valence-corrected chi connectivity index (χ3v) is 4.28. The number of rotatable bonds is 2. The van der Waals surface area contributed by atoms with Crippen molar-refractivity contribution in [3.8, 4) is 0 Å². The van der Waals surface area contributed by atoms with Crippen molar-refractivity contribution >= 4 is 17.8 Å². The molecule has 106 valence electrons. The maximum atomic E-state index is 12.4. The first-order chi connectivity index (χ1) is 9.36. The molecule has 1 N–H and O–H groups in total. The van der Waals surface area contributed by atoms with Gasteiger partial charge in [0, 0.05) is 18.3 Å². The molecule has 0 aromatic carbocycles. The highest BCUT2D eigenvalue weighted by atomic mass is 16.2. The second-order valence-corrected chi connectivity index (χ2v) is 5.51. The summed E-state index contributed by atoms with van der Waals surface area (Å²) in [7, 11) is 1.82. The molecule has 4 amide bonds. The van der Waals surface area contributed by atoms with Crippen LogP contribution >= 0.6 is 0 Å². The predicted molar refractivity (Wildman–Crippen MR) is 68.4 cm³/mol. The van der Waals surface area contributed by atoms with Gasteiger partial charge in [0.25, 0.3) is 0 Å². The van der Waals surface area contributed by atoms with Crippen LogP contribution in [-0.4, -0.2) is 32.5 Å². The Morgan fingerprint density at radius 3 is 2.40 bits per heavy atom. The molecule has 3 rings (SSSR count). The fourth-order valence-electron chi connectivity index (χ4n) is 2.65. The highest BCUT2D eigenvalue weighted by molar-refractivity contribution is 6.20. The number of carbonyl (C=O) groups excluding carboxylic acids is 3. The van der Waals surface area contributed by atoms with Crippen LogP contribution in [0.15, 0.2) is 0 Å². The van der Waals surface area contributed by atoms with Crippen molar-refractivity contribution in [1.82, 2.24) is 20.0 Å². The van der Waals surface area contributed by atoms with E-state index in [9.17, 15) is 14.4 Å². The molecular weight excluding hydrogens is 260 g/mol. The number of nitrogens with zero attached hydrogens (tertiary/aromatic N) is 3. The van der Waals surface area contributed by atoms with Crippen molar-refractivity contribution in [2.75, 3.05) is 0 Å². The Morgan fingerprint density at radius 1 is 1.25 bits per heavy atom. The zero-order valence-electron chi connectivity index (χ0n) is 11.7. The average Bonchev–Trinajstić information content (AvgIpc) is 3.13. The second-order valence-electron chi connectivity index (χ2n) is 5.51. The first kappa shape index (κ1) is 12.8. The van der Waals surface area contributed by atoms with Gasteiger partial charge < -0.3 is 0 Å². The lowest BCUT2D eigenvalue weighted by atomic mass is 10.0. The summed E-state index contributed by atoms with van der Waals surface area (Å²) in [6.45, 7) is 3.89. The Hall–Kier alpha value is -2.18. The maximum absolute atomic E-state index is 12.4. The molecule has 0 radical (unpaired) electrons. The van der Waals surface area contributed by atoms with Crippen LogP contribution in [0.3, 0.4) is 0 Å². The number of hydrogen-bond donors (Lipinski definition) is 1. The molecule has 0 atom stereocenters. The number of urea groups is 1. The summed E-state index contributed by atoms with van der Waals surface area (Å²) in [5.41, 5.74) is 1.55. The van der Waals surface area contributed by atoms with Gasteiger partial charge in [-0.3, -0.25) is 24.5 Å². The fraction of sp³-hybridized carbons (Fsp3) is 0.538. The van der Waals surface area contributed by atoms with Gasteiger partial charge >= 0.3 is 6.03 Å². The SMILES string of the molecule is Cc1nn(C)c(C)c1CN1C(=O)NC(=O)C2(CC2)C1=O. The van der Waals surface area contributed by atoms with Crippen LogP contribution in [0.2, 0.25) is 0 Å². The first-order valence-electron chi connectivity index (χ1n) is 6.53. The standard InChI is InChI=1S/C13H16N4O3/c1-7-9(8(2)16(3)15-7)6-17-11(19)13(4-5-13)10(18)14-12(17)20/h4-6H2,1-3H3,(H,14,18,20). The van der Waals surface area contributed by atoms with Crippen molar-refractivity contribution in [1.29, 1.82) is 0 Å². The lowest BCUT2D eigenvalue weighted by Gasteiger charge is -2.30. The molecule has 20 heavy (non-hydrogen) atoms. The van der Waals surface area contributed by atoms with Crippen LogP contribution in [0.5, 0.6) is 0 Å². The molecule has 7 heteroatoms. The largest absolute Gasteiger partial charge is 0.331 e. The summed E-state index contributed by atoms with van der Waals surface area (Å²) >= 11 is 0. The smallest absolute Gasteiger partial charge is 0.277 e. The van der Waals surface area contributed by atoms with E-state index >= 15 is 0 Å². The van der Waals surface area contributed by atoms with E-state index in [1.54, 1.807) is 4.68 Å². The van der Waals surface area contributed by atoms with E-state index in [1.165, 1.54) is 0 Å². The Kier molecular flexibility index (Phi) is 2.51. The average molecular weight is 276 g/mol. The highest BCUT2D eigenvalue weighted by Crippen LogP contribution is 2.49. The molecular formula is C13H16N4O3. The first-order valence-corrected chi connectivity index (χ1v) is 6.53. The monoisotopic (exact) mass is 276 g/mol. The Morgan fingerprint density at radius 2 is 1.90 bits per heavy atom. The quantitative estimate of drug-likeness (QED) is 0.792. The summed E-state index contributed by atoms with van der Waals surface area (Å²) in [4.78, 5) is 37.2. The Labute approximate surface area is 115 Å². The Balaban J connectivity index is 1.92. The van der Waals surface area contributed by atoms with Gasteiger partial charge in [-0.05, 0) is 26.7 Å². The minimum Gasteiger partial charge on any atom is -0.277 e. The zero-order chi connectivity index (χ0) is 14.7. The van der Waals surface area contributed by atoms with Crippen molar-refractivity contribution in [2.24, 2.45) is 12.5 Å². The van der Waals surface area contributed by atoms with Crippen LogP contribution in [0.25, 0.3) is 0 Å². The van der Waals surface area contributed by atoms with Crippen molar-refractivity contribution in [2.45, 2.75) is 33.2 Å². The van der Waals surface area contributed by atoms with E-state index in [-0.39, 0.29) is 12.5 Å². The van der Waals surface area contributed by atoms with E-state index in [2.05, 4.69) is 10.4 Å². The van der Waals surface area contributed by atoms with Gasteiger partial charge in [-0.25, -0.2) is 4.79 Å². The normalized spacial score (nSPS) is 20.6. The molecule has 1 aliphatic heterocycles. The predicted octanol–water partition coefficient (Wildman–Crippen LogP) is 0.396. The third-order valence-electron chi connectivity index (χ3n) is 4.28. The molecule has 0 bridgehead atoms. The minimum atomic E-state index is -0.988. The van der Waals surface area contributed by atoms with Crippen molar-refractivity contribution in [3.63, 3.8) is 0 Å². The maximum Gasteiger partial charge on any atom is 0.331 e. The van der Waals surface area contributed by atoms with Gasteiger partial charge in [-0.2, -0.15) is 5.10 Å². The summed E-state index contributed by atoms with van der Waals surface area (Å²) in [5, 5.41) is 6.55. The number of amides is 4. The Bertz CT molecular complexity index is 642. The molecule has 0 unspecified atom stereocenters. The molecule has 2 aliphatic rings. The second kappa shape index (κ2) is 3.91. The van der Waals surface area contributed by atoms with E-state index in [0.717, 1.165) is 21.9 Å². The molecule has 1 aliphatic carbocycles. The number of aryl methyl sites for hydroxylation is 2. The van der Waals surface area contributed by atoms with Gasteiger partial charge in [0.05, 0.1) is 12.2 Å². The van der Waals surface area contributed by atoms with Crippen LogP contribution in [0, 0.1) is 19.3 Å². The topological polar surface area (TPSA) is 84.3 Å². The zero-order valence-corrected chi connectivity index (χ0v) is 11.7. The summed E-state index contributed by atoms with van der Waals surface area (Å²) in [6, 6.07) is -0.639. The molecule has 2 fully saturated rings. The van der Waals surface area contributed by atoms with Crippen LogP contribution in [-0.2, 0) is 23.2 Å². The lowest BCUT2D eigenvalue weighted by Crippen LogP contribution is -2.58. The van der Waals surface area contributed by atoms with Crippen molar-refractivity contribution < 1.29 is 14.4 Å². The molecule has 1 spiro atoms. The molecule has 1 aromatic heterocycles. The van der Waals surface area contributed by atoms with Gasteiger partial charge in [0.2, 0.25) is 11.8 Å². The van der Waals surface area contributed by atoms with Gasteiger partial charge in [0.15, 0.2) is 0 Å². The molecule has 2 heterocycles. The number of hydrogen-bond acceptors (Lipinski definition) is 4. The van der Waals surface area contributed by atoms with E-state index in [0.29, 0.717) is 12.8 Å². The van der Waals surface area contributed by atoms with Crippen LogP contribution in [0.4, 0.5) is 4.79 Å². The van der Waals surface area contributed by atoms with E-state index in [4.69, 9.17) is 0 Å². The van der Waals surface area contributed by atoms with Gasteiger partial charge in [-0.15, -0.1) is 0 Å². The number of barbiturate groups is 1. The molecule has 1 aromatic rings. The highest BCUT2D eigenvalue weighted by Gasteiger charge is 2.62. The number of imide groups is 2. The van der Waals surface area contributed by atoms with Crippen molar-refractivity contribution in [3.05, 3.63) is 17.0 Å². The van der Waals surface area contributed by atoms with E-state index in [1.807, 2.05) is 20.9 Å². The summed E-state index contributed by atoms with van der Waals surface area (Å²) < 4.78 is 1.72. The minimum absolute atomic E-state index is 0.158. The van der Waals surface area contributed by atoms with Gasteiger partial charge in [0.1, 0.15) is 5.41 Å². The molecule has 1 saturated heterocycles. The fourth-order valence-corrected chi connectivity index (χ4v) is 2.65. The summed E-state index contributed by atoms with van der Waals surface area (Å²) in [5.74, 6) is -0.836. The third kappa shape index (κ3) is 1.59. The molecule has 1 saturated carbocycles. The lowest BCUT2D eigenvalue weighted by molar-refractivity contribution is -0.145. The van der Waals surface area contributed by atoms with Crippen LogP contribution < -0.4 is 5.32 Å². The van der Waals surface area contributed by atoms with E-state index < -0.39 is 17.4 Å². The van der Waals surface area contributed by atoms with Crippen LogP contribution in [0.1, 0.15) is 29.8 Å². The number of nitrogens with one attached hydrogen (secondary N) is 1. The molecule has 7 nitrogen and oxygen atoms in total. The number of aromatic nitrogens is 2. The number of carbonyl (C=O) groups is 3. The summed E-state index contributed by atoms with van der Waals surface area (Å²) in [6.07, 6.45) is 1.04. The van der Waals surface area contributed by atoms with Gasteiger partial charge in [-0.1, -0.05) is 0 Å².